The lowest BCUT2D eigenvalue weighted by Gasteiger charge is -2.40. The lowest BCUT2D eigenvalue weighted by atomic mass is 9.94. The van der Waals surface area contributed by atoms with E-state index in [4.69, 9.17) is 0 Å². The Labute approximate surface area is 183 Å². The highest BCUT2D eigenvalue weighted by Gasteiger charge is 2.26. The third-order valence-corrected chi connectivity index (χ3v) is 7.18. The van der Waals surface area contributed by atoms with Gasteiger partial charge in [0.2, 0.25) is 5.91 Å². The molecule has 1 amide bonds. The molecular weight excluding hydrogens is 388 g/mol. The van der Waals surface area contributed by atoms with Gasteiger partial charge in [-0.05, 0) is 43.5 Å². The van der Waals surface area contributed by atoms with E-state index in [2.05, 4.69) is 4.90 Å². The summed E-state index contributed by atoms with van der Waals surface area (Å²) in [5.74, 6) is 0.226. The molecule has 0 atom stereocenters. The van der Waals surface area contributed by atoms with Crippen molar-refractivity contribution >= 4 is 22.5 Å². The maximum atomic E-state index is 13.0. The maximum Gasteiger partial charge on any atom is 0.275 e. The minimum Gasteiger partial charge on any atom is -0.340 e. The number of amides is 1. The molecule has 0 radical (unpaired) electrons. The van der Waals surface area contributed by atoms with Crippen molar-refractivity contribution in [3.8, 4) is 0 Å². The summed E-state index contributed by atoms with van der Waals surface area (Å²) < 4.78 is 3.78. The molecule has 1 aromatic carbocycles. The van der Waals surface area contributed by atoms with Gasteiger partial charge in [0.05, 0.1) is 11.0 Å². The molecule has 1 saturated heterocycles. The van der Waals surface area contributed by atoms with Gasteiger partial charge in [-0.1, -0.05) is 31.4 Å². The van der Waals surface area contributed by atoms with Gasteiger partial charge in [-0.3, -0.25) is 14.5 Å². The molecule has 2 aromatic heterocycles. The fourth-order valence-corrected chi connectivity index (χ4v) is 5.46. The van der Waals surface area contributed by atoms with E-state index in [9.17, 15) is 9.59 Å². The van der Waals surface area contributed by atoms with Crippen molar-refractivity contribution in [2.24, 2.45) is 0 Å². The van der Waals surface area contributed by atoms with Crippen LogP contribution in [0.4, 0.5) is 0 Å². The van der Waals surface area contributed by atoms with Crippen molar-refractivity contribution in [2.45, 2.75) is 57.5 Å². The summed E-state index contributed by atoms with van der Waals surface area (Å²) >= 11 is 0. The Balaban J connectivity index is 1.20. The van der Waals surface area contributed by atoms with Gasteiger partial charge in [0, 0.05) is 51.4 Å². The van der Waals surface area contributed by atoms with E-state index in [1.54, 1.807) is 0 Å². The van der Waals surface area contributed by atoms with Crippen molar-refractivity contribution in [3.63, 3.8) is 0 Å². The molecular formula is C25H32N4O2. The highest BCUT2D eigenvalue weighted by molar-refractivity contribution is 5.79. The quantitative estimate of drug-likeness (QED) is 0.635. The van der Waals surface area contributed by atoms with Crippen LogP contribution in [0.2, 0.25) is 0 Å². The number of carbonyl (C=O) groups is 1. The van der Waals surface area contributed by atoms with Gasteiger partial charge in [0.25, 0.3) is 5.56 Å². The molecule has 2 fully saturated rings. The highest BCUT2D eigenvalue weighted by Crippen LogP contribution is 2.23. The Hall–Kier alpha value is -2.60. The number of aromatic nitrogens is 2. The Morgan fingerprint density at radius 1 is 0.871 bits per heavy atom. The van der Waals surface area contributed by atoms with Gasteiger partial charge in [-0.25, -0.2) is 0 Å². The molecule has 6 heteroatoms. The van der Waals surface area contributed by atoms with Crippen LogP contribution >= 0.6 is 0 Å². The second-order valence-electron chi connectivity index (χ2n) is 9.02. The van der Waals surface area contributed by atoms with Crippen LogP contribution in [0.5, 0.6) is 0 Å². The van der Waals surface area contributed by atoms with Gasteiger partial charge in [-0.15, -0.1) is 0 Å². The molecule has 3 heterocycles. The molecule has 0 bridgehead atoms. The molecule has 2 aliphatic rings. The van der Waals surface area contributed by atoms with E-state index in [-0.39, 0.29) is 11.5 Å². The molecule has 6 nitrogen and oxygen atoms in total. The topological polar surface area (TPSA) is 50.0 Å². The SMILES string of the molecule is O=C(CCCn1c(=O)c2cccn2c2ccccc21)N1CCN(C2CCCCC2)CC1. The van der Waals surface area contributed by atoms with E-state index in [0.717, 1.165) is 43.3 Å². The minimum absolute atomic E-state index is 0.0113. The summed E-state index contributed by atoms with van der Waals surface area (Å²) in [5, 5.41) is 0. The number of carbonyl (C=O) groups excluding carboxylic acids is 1. The number of rotatable bonds is 5. The van der Waals surface area contributed by atoms with Gasteiger partial charge >= 0.3 is 0 Å². The van der Waals surface area contributed by atoms with Crippen LogP contribution in [-0.4, -0.2) is 56.9 Å². The van der Waals surface area contributed by atoms with Crippen LogP contribution < -0.4 is 5.56 Å². The highest BCUT2D eigenvalue weighted by atomic mass is 16.2. The molecule has 0 unspecified atom stereocenters. The van der Waals surface area contributed by atoms with E-state index < -0.39 is 0 Å². The van der Waals surface area contributed by atoms with E-state index in [0.29, 0.717) is 24.9 Å². The van der Waals surface area contributed by atoms with Crippen molar-refractivity contribution in [2.75, 3.05) is 26.2 Å². The van der Waals surface area contributed by atoms with Crippen LogP contribution in [0.3, 0.4) is 0 Å². The fraction of sp³-hybridized carbons (Fsp3) is 0.520. The number of nitrogens with zero attached hydrogens (tertiary/aromatic N) is 4. The summed E-state index contributed by atoms with van der Waals surface area (Å²) in [6.45, 7) is 4.26. The smallest absolute Gasteiger partial charge is 0.275 e. The first-order chi connectivity index (χ1) is 15.2. The molecule has 0 spiro atoms. The number of para-hydroxylation sites is 2. The van der Waals surface area contributed by atoms with Crippen LogP contribution in [0, 0.1) is 0 Å². The molecule has 5 rings (SSSR count). The summed E-state index contributed by atoms with van der Waals surface area (Å²) in [7, 11) is 0. The normalized spacial score (nSPS) is 18.8. The van der Waals surface area contributed by atoms with E-state index in [1.807, 2.05) is 56.5 Å². The van der Waals surface area contributed by atoms with E-state index >= 15 is 0 Å². The Morgan fingerprint density at radius 3 is 2.35 bits per heavy atom. The van der Waals surface area contributed by atoms with Gasteiger partial charge in [-0.2, -0.15) is 0 Å². The standard InChI is InChI=1S/C25H32N4O2/c30-24(27-18-16-26(17-19-27)20-8-2-1-3-9-20)13-7-15-29-22-11-5-4-10-21(22)28-14-6-12-23(28)25(29)31/h4-6,10-12,14,20H,1-3,7-9,13,15-19H2. The van der Waals surface area contributed by atoms with Crippen molar-refractivity contribution in [3.05, 3.63) is 52.9 Å². The number of hydrogen-bond acceptors (Lipinski definition) is 3. The third-order valence-electron chi connectivity index (χ3n) is 7.18. The number of hydrogen-bond donors (Lipinski definition) is 0. The minimum atomic E-state index is 0.0113. The summed E-state index contributed by atoms with van der Waals surface area (Å²) in [6.07, 6.45) is 9.84. The average Bonchev–Trinajstić information content (AvgIpc) is 3.32. The second kappa shape index (κ2) is 8.87. The van der Waals surface area contributed by atoms with Gasteiger partial charge < -0.3 is 13.9 Å². The van der Waals surface area contributed by atoms with Crippen LogP contribution in [0.15, 0.2) is 47.4 Å². The molecule has 3 aromatic rings. The Kier molecular flexibility index (Phi) is 5.81. The van der Waals surface area contributed by atoms with E-state index in [1.165, 1.54) is 32.1 Å². The number of aryl methyl sites for hydroxylation is 1. The average molecular weight is 421 g/mol. The molecule has 1 aliphatic heterocycles. The molecule has 1 saturated carbocycles. The molecule has 1 aliphatic carbocycles. The predicted molar refractivity (Wildman–Crippen MR) is 123 cm³/mol. The second-order valence-corrected chi connectivity index (χ2v) is 9.02. The van der Waals surface area contributed by atoms with Gasteiger partial charge in [0.15, 0.2) is 0 Å². The Bertz CT molecular complexity index is 1120. The fourth-order valence-electron chi connectivity index (χ4n) is 5.46. The van der Waals surface area contributed by atoms with Crippen molar-refractivity contribution in [1.82, 2.24) is 18.8 Å². The van der Waals surface area contributed by atoms with Crippen LogP contribution in [-0.2, 0) is 11.3 Å². The predicted octanol–water partition coefficient (Wildman–Crippen LogP) is 3.51. The lowest BCUT2D eigenvalue weighted by molar-refractivity contribution is -0.133. The largest absolute Gasteiger partial charge is 0.340 e. The molecule has 0 N–H and O–H groups in total. The van der Waals surface area contributed by atoms with Gasteiger partial charge in [0.1, 0.15) is 5.52 Å². The molecule has 31 heavy (non-hydrogen) atoms. The molecule has 164 valence electrons. The van der Waals surface area contributed by atoms with Crippen molar-refractivity contribution in [1.29, 1.82) is 0 Å². The number of fused-ring (bicyclic) bond motifs is 3. The summed E-state index contributed by atoms with van der Waals surface area (Å²) in [4.78, 5) is 30.4. The van der Waals surface area contributed by atoms with Crippen molar-refractivity contribution < 1.29 is 4.79 Å². The van der Waals surface area contributed by atoms with Crippen LogP contribution in [0.25, 0.3) is 16.6 Å². The van der Waals surface area contributed by atoms with Crippen LogP contribution in [0.1, 0.15) is 44.9 Å². The lowest BCUT2D eigenvalue weighted by Crippen LogP contribution is -2.52. The number of benzene rings is 1. The zero-order valence-corrected chi connectivity index (χ0v) is 18.2. The number of piperazine rings is 1. The Morgan fingerprint density at radius 2 is 1.58 bits per heavy atom. The zero-order valence-electron chi connectivity index (χ0n) is 18.2. The first kappa shape index (κ1) is 20.3. The summed E-state index contributed by atoms with van der Waals surface area (Å²) in [5.41, 5.74) is 2.64. The zero-order chi connectivity index (χ0) is 21.2. The third kappa shape index (κ3) is 4.01. The maximum absolute atomic E-state index is 13.0. The summed E-state index contributed by atoms with van der Waals surface area (Å²) in [6, 6.07) is 12.5. The first-order valence-electron chi connectivity index (χ1n) is 11.8. The monoisotopic (exact) mass is 420 g/mol. The first-order valence-corrected chi connectivity index (χ1v) is 11.8.